The molecule has 0 saturated heterocycles. The average Bonchev–Trinajstić information content (AvgIpc) is 1.87. The predicted octanol–water partition coefficient (Wildman–Crippen LogP) is 0.276. The molecule has 0 aromatic carbocycles. The SMILES string of the molecule is C[C@@H](O)[C@@H](CCC=O)N(C)C. The fourth-order valence-corrected chi connectivity index (χ4v) is 1.17. The van der Waals surface area contributed by atoms with Gasteiger partial charge in [0.25, 0.3) is 0 Å². The van der Waals surface area contributed by atoms with Gasteiger partial charge in [-0.15, -0.1) is 0 Å². The molecule has 0 aromatic heterocycles. The molecule has 0 radical (unpaired) electrons. The first-order chi connectivity index (χ1) is 5.09. The summed E-state index contributed by atoms with van der Waals surface area (Å²) in [6.45, 7) is 1.75. The van der Waals surface area contributed by atoms with Crippen molar-refractivity contribution in [1.29, 1.82) is 0 Å². The molecule has 11 heavy (non-hydrogen) atoms. The molecule has 0 spiro atoms. The van der Waals surface area contributed by atoms with Crippen molar-refractivity contribution in [3.05, 3.63) is 0 Å². The number of likely N-dealkylation sites (N-methyl/N-ethyl adjacent to an activating group) is 1. The van der Waals surface area contributed by atoms with Gasteiger partial charge < -0.3 is 14.8 Å². The lowest BCUT2D eigenvalue weighted by Gasteiger charge is -2.25. The number of carbonyl (C=O) groups is 1. The van der Waals surface area contributed by atoms with Crippen LogP contribution in [0.25, 0.3) is 0 Å². The number of hydrogen-bond donors (Lipinski definition) is 1. The van der Waals surface area contributed by atoms with Crippen molar-refractivity contribution in [3.63, 3.8) is 0 Å². The second kappa shape index (κ2) is 5.27. The Bertz CT molecular complexity index is 105. The van der Waals surface area contributed by atoms with Gasteiger partial charge in [-0.25, -0.2) is 0 Å². The van der Waals surface area contributed by atoms with Crippen LogP contribution >= 0.6 is 0 Å². The molecule has 0 bridgehead atoms. The van der Waals surface area contributed by atoms with Crippen LogP contribution in [0.4, 0.5) is 0 Å². The molecule has 0 fully saturated rings. The summed E-state index contributed by atoms with van der Waals surface area (Å²) in [5, 5.41) is 9.25. The molecule has 0 aliphatic heterocycles. The van der Waals surface area contributed by atoms with Crippen LogP contribution in [0.1, 0.15) is 19.8 Å². The molecule has 0 amide bonds. The van der Waals surface area contributed by atoms with Crippen molar-refractivity contribution in [2.45, 2.75) is 31.9 Å². The molecule has 0 aliphatic carbocycles. The first kappa shape index (κ1) is 10.6. The summed E-state index contributed by atoms with van der Waals surface area (Å²) in [6.07, 6.45) is 1.77. The highest BCUT2D eigenvalue weighted by Crippen LogP contribution is 2.06. The van der Waals surface area contributed by atoms with Crippen LogP contribution in [0.2, 0.25) is 0 Å². The highest BCUT2D eigenvalue weighted by molar-refractivity contribution is 5.49. The zero-order valence-corrected chi connectivity index (χ0v) is 7.45. The zero-order chi connectivity index (χ0) is 8.85. The molecule has 2 atom stereocenters. The lowest BCUT2D eigenvalue weighted by molar-refractivity contribution is -0.108. The minimum Gasteiger partial charge on any atom is -0.392 e. The zero-order valence-electron chi connectivity index (χ0n) is 7.45. The molecule has 1 N–H and O–H groups in total. The Balaban J connectivity index is 3.79. The average molecular weight is 159 g/mol. The number of hydrogen-bond acceptors (Lipinski definition) is 3. The van der Waals surface area contributed by atoms with Gasteiger partial charge in [-0.2, -0.15) is 0 Å². The van der Waals surface area contributed by atoms with Crippen LogP contribution in [0.5, 0.6) is 0 Å². The molecule has 0 rings (SSSR count). The van der Waals surface area contributed by atoms with Crippen molar-refractivity contribution in [3.8, 4) is 0 Å². The van der Waals surface area contributed by atoms with Gasteiger partial charge >= 0.3 is 0 Å². The second-order valence-electron chi connectivity index (χ2n) is 3.02. The van der Waals surface area contributed by atoms with E-state index >= 15 is 0 Å². The molecule has 0 aromatic rings. The fraction of sp³-hybridized carbons (Fsp3) is 0.875. The van der Waals surface area contributed by atoms with E-state index in [-0.39, 0.29) is 12.1 Å². The molecule has 3 nitrogen and oxygen atoms in total. The number of aldehydes is 1. The normalized spacial score (nSPS) is 16.5. The second-order valence-corrected chi connectivity index (χ2v) is 3.02. The van der Waals surface area contributed by atoms with Crippen LogP contribution in [-0.4, -0.2) is 42.5 Å². The van der Waals surface area contributed by atoms with Gasteiger partial charge in [0.1, 0.15) is 6.29 Å². The first-order valence-electron chi connectivity index (χ1n) is 3.87. The Morgan fingerprint density at radius 3 is 2.36 bits per heavy atom. The molecule has 3 heteroatoms. The van der Waals surface area contributed by atoms with Gasteiger partial charge in [0.15, 0.2) is 0 Å². The summed E-state index contributed by atoms with van der Waals surface area (Å²) in [5.74, 6) is 0. The predicted molar refractivity (Wildman–Crippen MR) is 44.5 cm³/mol. The minimum absolute atomic E-state index is 0.0974. The third-order valence-corrected chi connectivity index (χ3v) is 1.80. The molecule has 0 unspecified atom stereocenters. The maximum Gasteiger partial charge on any atom is 0.120 e. The van der Waals surface area contributed by atoms with Crippen LogP contribution in [0.3, 0.4) is 0 Å². The number of rotatable bonds is 5. The van der Waals surface area contributed by atoms with Gasteiger partial charge in [-0.3, -0.25) is 0 Å². The number of nitrogens with zero attached hydrogens (tertiary/aromatic N) is 1. The molecule has 0 heterocycles. The van der Waals surface area contributed by atoms with Crippen molar-refractivity contribution in [2.75, 3.05) is 14.1 Å². The summed E-state index contributed by atoms with van der Waals surface area (Å²) in [4.78, 5) is 12.0. The van der Waals surface area contributed by atoms with E-state index in [0.29, 0.717) is 6.42 Å². The quantitative estimate of drug-likeness (QED) is 0.586. The highest BCUT2D eigenvalue weighted by atomic mass is 16.3. The van der Waals surface area contributed by atoms with Gasteiger partial charge in [0, 0.05) is 12.5 Å². The van der Waals surface area contributed by atoms with Crippen LogP contribution < -0.4 is 0 Å². The molecular weight excluding hydrogens is 142 g/mol. The van der Waals surface area contributed by atoms with Crippen LogP contribution in [0.15, 0.2) is 0 Å². The summed E-state index contributed by atoms with van der Waals surface area (Å²) in [5.41, 5.74) is 0. The van der Waals surface area contributed by atoms with Gasteiger partial charge in [0.2, 0.25) is 0 Å². The summed E-state index contributed by atoms with van der Waals surface area (Å²) in [6, 6.07) is 0.0974. The summed E-state index contributed by atoms with van der Waals surface area (Å²) >= 11 is 0. The number of aliphatic hydroxyl groups is 1. The van der Waals surface area contributed by atoms with E-state index in [4.69, 9.17) is 0 Å². The summed E-state index contributed by atoms with van der Waals surface area (Å²) < 4.78 is 0. The van der Waals surface area contributed by atoms with E-state index in [9.17, 15) is 9.90 Å². The van der Waals surface area contributed by atoms with E-state index in [1.54, 1.807) is 6.92 Å². The monoisotopic (exact) mass is 159 g/mol. The van der Waals surface area contributed by atoms with Gasteiger partial charge in [0.05, 0.1) is 6.10 Å². The lowest BCUT2D eigenvalue weighted by atomic mass is 10.1. The highest BCUT2D eigenvalue weighted by Gasteiger charge is 2.15. The Morgan fingerprint density at radius 1 is 1.55 bits per heavy atom. The van der Waals surface area contributed by atoms with Crippen molar-refractivity contribution in [2.24, 2.45) is 0 Å². The van der Waals surface area contributed by atoms with E-state index in [0.717, 1.165) is 12.7 Å². The van der Waals surface area contributed by atoms with Crippen molar-refractivity contribution in [1.82, 2.24) is 4.90 Å². The topological polar surface area (TPSA) is 40.5 Å². The largest absolute Gasteiger partial charge is 0.392 e. The van der Waals surface area contributed by atoms with E-state index in [1.165, 1.54) is 0 Å². The first-order valence-corrected chi connectivity index (χ1v) is 3.87. The molecule has 0 saturated carbocycles. The minimum atomic E-state index is -0.370. The Kier molecular flexibility index (Phi) is 5.07. The van der Waals surface area contributed by atoms with E-state index < -0.39 is 0 Å². The third-order valence-electron chi connectivity index (χ3n) is 1.80. The maximum atomic E-state index is 10.1. The van der Waals surface area contributed by atoms with Crippen molar-refractivity contribution < 1.29 is 9.90 Å². The standard InChI is InChI=1S/C8H17NO2/c1-7(11)8(9(2)3)5-4-6-10/h6-8,11H,4-5H2,1-3H3/t7-,8-/m1/s1. The van der Waals surface area contributed by atoms with Crippen LogP contribution in [-0.2, 0) is 4.79 Å². The van der Waals surface area contributed by atoms with E-state index in [1.807, 2.05) is 19.0 Å². The maximum absolute atomic E-state index is 10.1. The number of aliphatic hydroxyl groups excluding tert-OH is 1. The molecule has 66 valence electrons. The Morgan fingerprint density at radius 2 is 2.09 bits per heavy atom. The number of carbonyl (C=O) groups excluding carboxylic acids is 1. The lowest BCUT2D eigenvalue weighted by Crippen LogP contribution is -2.37. The Hall–Kier alpha value is -0.410. The molecular formula is C8H17NO2. The van der Waals surface area contributed by atoms with Crippen LogP contribution in [0, 0.1) is 0 Å². The van der Waals surface area contributed by atoms with E-state index in [2.05, 4.69) is 0 Å². The van der Waals surface area contributed by atoms with Gasteiger partial charge in [-0.05, 0) is 27.4 Å². The van der Waals surface area contributed by atoms with Gasteiger partial charge in [-0.1, -0.05) is 0 Å². The fourth-order valence-electron chi connectivity index (χ4n) is 1.17. The molecule has 0 aliphatic rings. The third kappa shape index (κ3) is 4.11. The summed E-state index contributed by atoms with van der Waals surface area (Å²) in [7, 11) is 3.81. The smallest absolute Gasteiger partial charge is 0.120 e. The Labute approximate surface area is 68.0 Å². The van der Waals surface area contributed by atoms with Crippen molar-refractivity contribution >= 4 is 6.29 Å².